The highest BCUT2D eigenvalue weighted by molar-refractivity contribution is 7.89. The monoisotopic (exact) mass is 355 g/mol. The van der Waals surface area contributed by atoms with Crippen LogP contribution in [0.2, 0.25) is 0 Å². The van der Waals surface area contributed by atoms with E-state index in [0.29, 0.717) is 25.3 Å². The van der Waals surface area contributed by atoms with E-state index < -0.39 is 20.5 Å². The molecule has 0 unspecified atom stereocenters. The zero-order chi connectivity index (χ0) is 17.5. The summed E-state index contributed by atoms with van der Waals surface area (Å²) < 4.78 is 22.6. The summed E-state index contributed by atoms with van der Waals surface area (Å²) in [6.45, 7) is 0.505. The zero-order valence-corrected chi connectivity index (χ0v) is 14.0. The van der Waals surface area contributed by atoms with Gasteiger partial charge in [-0.25, -0.2) is 13.6 Å². The number of sulfonamides is 1. The molecule has 0 atom stereocenters. The number of aliphatic hydroxyl groups is 1. The van der Waals surface area contributed by atoms with Gasteiger partial charge in [0, 0.05) is 12.6 Å². The predicted octanol–water partition coefficient (Wildman–Crippen LogP) is 1.60. The van der Waals surface area contributed by atoms with Crippen LogP contribution >= 0.6 is 0 Å². The highest BCUT2D eigenvalue weighted by Gasteiger charge is 2.49. The van der Waals surface area contributed by atoms with Crippen LogP contribution in [0.3, 0.4) is 0 Å². The van der Waals surface area contributed by atoms with Gasteiger partial charge in [0.15, 0.2) is 0 Å². The maximum absolute atomic E-state index is 11.3. The van der Waals surface area contributed by atoms with E-state index in [-0.39, 0.29) is 22.2 Å². The van der Waals surface area contributed by atoms with Crippen molar-refractivity contribution < 1.29 is 18.4 Å². The molecule has 1 aromatic carbocycles. The van der Waals surface area contributed by atoms with Crippen molar-refractivity contribution in [3.8, 4) is 0 Å². The molecule has 0 heterocycles. The average Bonchev–Trinajstić information content (AvgIpc) is 2.39. The van der Waals surface area contributed by atoms with Crippen molar-refractivity contribution in [2.45, 2.75) is 42.6 Å². The molecule has 0 aromatic heterocycles. The topological polar surface area (TPSA) is 136 Å². The number of nitrogens with one attached hydrogen (secondary N) is 1. The Kier molecular flexibility index (Phi) is 4.27. The Morgan fingerprint density at radius 1 is 1.38 bits per heavy atom. The Labute approximate surface area is 140 Å². The summed E-state index contributed by atoms with van der Waals surface area (Å²) in [7, 11) is -3.99. The minimum Gasteiger partial charge on any atom is -0.390 e. The highest BCUT2D eigenvalue weighted by Crippen LogP contribution is 2.50. The maximum Gasteiger partial charge on any atom is 0.293 e. The van der Waals surface area contributed by atoms with Crippen LogP contribution < -0.4 is 10.5 Å². The minimum absolute atomic E-state index is 0.256. The molecule has 2 aliphatic rings. The van der Waals surface area contributed by atoms with Gasteiger partial charge in [0.2, 0.25) is 10.0 Å². The van der Waals surface area contributed by atoms with Crippen LogP contribution in [-0.2, 0) is 10.0 Å². The van der Waals surface area contributed by atoms with E-state index in [1.54, 1.807) is 0 Å². The highest BCUT2D eigenvalue weighted by atomic mass is 32.2. The first-order valence-electron chi connectivity index (χ1n) is 7.96. The van der Waals surface area contributed by atoms with E-state index in [9.17, 15) is 23.6 Å². The Hall–Kier alpha value is -1.71. The lowest BCUT2D eigenvalue weighted by Crippen LogP contribution is -2.53. The van der Waals surface area contributed by atoms with Gasteiger partial charge in [-0.1, -0.05) is 6.42 Å². The first-order valence-corrected chi connectivity index (χ1v) is 9.51. The van der Waals surface area contributed by atoms with Crippen LogP contribution in [0.5, 0.6) is 0 Å². The summed E-state index contributed by atoms with van der Waals surface area (Å²) in [5, 5.41) is 29.6. The molecule has 3 rings (SSSR count). The molecule has 1 aromatic rings. The normalized spacial score (nSPS) is 27.2. The Morgan fingerprint density at radius 3 is 2.54 bits per heavy atom. The average molecular weight is 355 g/mol. The van der Waals surface area contributed by atoms with Crippen LogP contribution in [0.25, 0.3) is 0 Å². The molecule has 2 saturated carbocycles. The summed E-state index contributed by atoms with van der Waals surface area (Å²) in [4.78, 5) is 10.2. The molecule has 2 aliphatic carbocycles. The van der Waals surface area contributed by atoms with Crippen LogP contribution in [-0.4, -0.2) is 30.6 Å². The summed E-state index contributed by atoms with van der Waals surface area (Å²) in [5.74, 6) is 0.658. The number of hydrogen-bond donors (Lipinski definition) is 3. The van der Waals surface area contributed by atoms with Gasteiger partial charge in [-0.2, -0.15) is 0 Å². The van der Waals surface area contributed by atoms with Crippen LogP contribution in [0.4, 0.5) is 11.4 Å². The van der Waals surface area contributed by atoms with E-state index in [1.807, 2.05) is 0 Å². The first-order chi connectivity index (χ1) is 11.2. The second-order valence-corrected chi connectivity index (χ2v) is 8.43. The number of nitro groups is 1. The number of rotatable bonds is 6. The number of nitro benzene ring substituents is 1. The quantitative estimate of drug-likeness (QED) is 0.524. The lowest BCUT2D eigenvalue weighted by atomic mass is 9.59. The van der Waals surface area contributed by atoms with Gasteiger partial charge in [0.05, 0.1) is 15.4 Å². The smallest absolute Gasteiger partial charge is 0.293 e. The predicted molar refractivity (Wildman–Crippen MR) is 88.0 cm³/mol. The molecule has 0 saturated heterocycles. The Morgan fingerprint density at radius 2 is 2.04 bits per heavy atom. The van der Waals surface area contributed by atoms with Gasteiger partial charge < -0.3 is 10.4 Å². The molecular formula is C15H21N3O5S. The third kappa shape index (κ3) is 3.24. The SMILES string of the molecule is NS(=O)(=O)c1ccc(NC[C@H]2C[C@](O)(C3CCC3)C2)c([N+](=O)[O-])c1. The third-order valence-electron chi connectivity index (χ3n) is 5.23. The van der Waals surface area contributed by atoms with E-state index in [2.05, 4.69) is 5.32 Å². The maximum atomic E-state index is 11.3. The number of primary sulfonamides is 1. The summed E-state index contributed by atoms with van der Waals surface area (Å²) in [6.07, 6.45) is 4.74. The van der Waals surface area contributed by atoms with Gasteiger partial charge in [-0.05, 0) is 49.7 Å². The lowest BCUT2D eigenvalue weighted by Gasteiger charge is -2.52. The van der Waals surface area contributed by atoms with Crippen LogP contribution in [0, 0.1) is 22.0 Å². The van der Waals surface area contributed by atoms with Gasteiger partial charge in [-0.3, -0.25) is 10.1 Å². The fourth-order valence-electron chi connectivity index (χ4n) is 3.61. The molecular weight excluding hydrogens is 334 g/mol. The number of nitrogens with two attached hydrogens (primary N) is 1. The van der Waals surface area contributed by atoms with E-state index in [4.69, 9.17) is 5.14 Å². The van der Waals surface area contributed by atoms with Crippen molar-refractivity contribution in [1.29, 1.82) is 0 Å². The zero-order valence-electron chi connectivity index (χ0n) is 13.1. The van der Waals surface area contributed by atoms with Gasteiger partial charge in [-0.15, -0.1) is 0 Å². The minimum atomic E-state index is -3.99. The standard InChI is InChI=1S/C15H21N3O5S/c16-24(22,23)12-4-5-13(14(6-12)18(20)21)17-9-10-7-15(19,8-10)11-2-1-3-11/h4-6,10-11,17,19H,1-3,7-9H2,(H2,16,22,23)/t10-,15+. The summed E-state index contributed by atoms with van der Waals surface area (Å²) in [5.41, 5.74) is -0.629. The van der Waals surface area contributed by atoms with Crippen molar-refractivity contribution in [1.82, 2.24) is 0 Å². The number of hydrogen-bond acceptors (Lipinski definition) is 6. The lowest BCUT2D eigenvalue weighted by molar-refractivity contribution is -0.384. The molecule has 8 nitrogen and oxygen atoms in total. The Balaban J connectivity index is 1.64. The molecule has 2 fully saturated rings. The van der Waals surface area contributed by atoms with Crippen LogP contribution in [0.1, 0.15) is 32.1 Å². The molecule has 132 valence electrons. The molecule has 0 amide bonds. The van der Waals surface area contributed by atoms with Crippen molar-refractivity contribution in [2.75, 3.05) is 11.9 Å². The van der Waals surface area contributed by atoms with Gasteiger partial charge in [0.25, 0.3) is 5.69 Å². The largest absolute Gasteiger partial charge is 0.390 e. The van der Waals surface area contributed by atoms with Crippen LogP contribution in [0.15, 0.2) is 23.1 Å². The fourth-order valence-corrected chi connectivity index (χ4v) is 4.14. The second kappa shape index (κ2) is 5.98. The van der Waals surface area contributed by atoms with Crippen molar-refractivity contribution in [2.24, 2.45) is 17.0 Å². The van der Waals surface area contributed by atoms with Crippen molar-refractivity contribution >= 4 is 21.4 Å². The number of benzene rings is 1. The molecule has 4 N–H and O–H groups in total. The Bertz CT molecular complexity index is 754. The van der Waals surface area contributed by atoms with E-state index >= 15 is 0 Å². The van der Waals surface area contributed by atoms with E-state index in [0.717, 1.165) is 18.9 Å². The van der Waals surface area contributed by atoms with Gasteiger partial charge in [0.1, 0.15) is 5.69 Å². The molecule has 9 heteroatoms. The van der Waals surface area contributed by atoms with Gasteiger partial charge >= 0.3 is 0 Å². The van der Waals surface area contributed by atoms with E-state index in [1.165, 1.54) is 18.6 Å². The van der Waals surface area contributed by atoms with Crippen molar-refractivity contribution in [3.05, 3.63) is 28.3 Å². The summed E-state index contributed by atoms with van der Waals surface area (Å²) >= 11 is 0. The molecule has 0 spiro atoms. The summed E-state index contributed by atoms with van der Waals surface area (Å²) in [6, 6.07) is 3.56. The van der Waals surface area contributed by atoms with Crippen molar-refractivity contribution in [3.63, 3.8) is 0 Å². The molecule has 0 radical (unpaired) electrons. The molecule has 0 aliphatic heterocycles. The molecule has 0 bridgehead atoms. The third-order valence-corrected chi connectivity index (χ3v) is 6.14. The molecule has 24 heavy (non-hydrogen) atoms. The second-order valence-electron chi connectivity index (χ2n) is 6.87. The number of nitrogens with zero attached hydrogens (tertiary/aromatic N) is 1. The fraction of sp³-hybridized carbons (Fsp3) is 0.600. The number of anilines is 1. The first kappa shape index (κ1) is 17.1.